The number of anilines is 1. The molecular weight excluding hydrogens is 534 g/mol. The van der Waals surface area contributed by atoms with Crippen LogP contribution in [0.4, 0.5) is 5.69 Å². The van der Waals surface area contributed by atoms with E-state index in [1.165, 1.54) is 51.5 Å². The average molecular weight is 570 g/mol. The Kier molecular flexibility index (Phi) is 10.0. The highest BCUT2D eigenvalue weighted by molar-refractivity contribution is 7.92. The van der Waals surface area contributed by atoms with Gasteiger partial charge < -0.3 is 24.4 Å². The number of likely N-dealkylation sites (N-methyl/N-ethyl adjacent to an activating group) is 1. The van der Waals surface area contributed by atoms with Gasteiger partial charge in [0.25, 0.3) is 10.0 Å². The van der Waals surface area contributed by atoms with Gasteiger partial charge >= 0.3 is 0 Å². The number of nitrogens with one attached hydrogen (secondary N) is 1. The molecule has 0 saturated carbocycles. The predicted molar refractivity (Wildman–Crippen MR) is 152 cm³/mol. The van der Waals surface area contributed by atoms with Gasteiger partial charge in [0.2, 0.25) is 11.8 Å². The van der Waals surface area contributed by atoms with Crippen molar-refractivity contribution in [3.05, 3.63) is 77.9 Å². The first-order valence-corrected chi connectivity index (χ1v) is 13.9. The van der Waals surface area contributed by atoms with Crippen LogP contribution in [0, 0.1) is 6.92 Å². The van der Waals surface area contributed by atoms with E-state index in [0.29, 0.717) is 22.7 Å². The van der Waals surface area contributed by atoms with Crippen molar-refractivity contribution >= 4 is 27.5 Å². The van der Waals surface area contributed by atoms with E-state index in [0.717, 1.165) is 9.87 Å². The summed E-state index contributed by atoms with van der Waals surface area (Å²) in [5.41, 5.74) is 1.93. The molecule has 0 aliphatic heterocycles. The van der Waals surface area contributed by atoms with Crippen LogP contribution in [0.15, 0.2) is 71.6 Å². The monoisotopic (exact) mass is 569 g/mol. The molecule has 1 atom stereocenters. The van der Waals surface area contributed by atoms with Gasteiger partial charge in [0, 0.05) is 19.7 Å². The third-order valence-electron chi connectivity index (χ3n) is 6.44. The first-order valence-electron chi connectivity index (χ1n) is 12.5. The van der Waals surface area contributed by atoms with Crippen LogP contribution in [-0.2, 0) is 26.2 Å². The molecule has 0 radical (unpaired) electrons. The Labute approximate surface area is 235 Å². The van der Waals surface area contributed by atoms with Gasteiger partial charge in [0.05, 0.1) is 31.9 Å². The summed E-state index contributed by atoms with van der Waals surface area (Å²) in [4.78, 5) is 27.8. The topological polar surface area (TPSA) is 114 Å². The molecule has 2 amide bonds. The highest BCUT2D eigenvalue weighted by Gasteiger charge is 2.33. The summed E-state index contributed by atoms with van der Waals surface area (Å²) in [6.45, 7) is 2.98. The minimum atomic E-state index is -4.26. The van der Waals surface area contributed by atoms with Crippen molar-refractivity contribution in [1.29, 1.82) is 0 Å². The molecule has 0 fully saturated rings. The number of carbonyl (C=O) groups excluding carboxylic acids is 2. The van der Waals surface area contributed by atoms with E-state index in [1.54, 1.807) is 55.5 Å². The van der Waals surface area contributed by atoms with Crippen molar-refractivity contribution < 1.29 is 32.2 Å². The molecule has 0 aromatic heterocycles. The molecule has 0 aliphatic rings. The second-order valence-electron chi connectivity index (χ2n) is 9.03. The number of carbonyl (C=O) groups is 2. The van der Waals surface area contributed by atoms with Crippen molar-refractivity contribution in [3.8, 4) is 17.2 Å². The van der Waals surface area contributed by atoms with E-state index in [-0.39, 0.29) is 23.1 Å². The molecule has 214 valence electrons. The number of rotatable bonds is 12. The maximum Gasteiger partial charge on any atom is 0.264 e. The lowest BCUT2D eigenvalue weighted by atomic mass is 10.1. The Morgan fingerprint density at radius 3 is 2.17 bits per heavy atom. The van der Waals surface area contributed by atoms with E-state index in [9.17, 15) is 18.0 Å². The van der Waals surface area contributed by atoms with E-state index >= 15 is 0 Å². The van der Waals surface area contributed by atoms with Gasteiger partial charge in [-0.2, -0.15) is 0 Å². The minimum absolute atomic E-state index is 0.0583. The molecular formula is C29H35N3O7S. The van der Waals surface area contributed by atoms with E-state index in [2.05, 4.69) is 5.32 Å². The number of aryl methyl sites for hydroxylation is 1. The first-order chi connectivity index (χ1) is 19.0. The largest absolute Gasteiger partial charge is 0.497 e. The molecule has 0 aliphatic carbocycles. The molecule has 3 aromatic carbocycles. The summed E-state index contributed by atoms with van der Waals surface area (Å²) < 4.78 is 44.9. The van der Waals surface area contributed by atoms with Gasteiger partial charge in [-0.1, -0.05) is 29.8 Å². The van der Waals surface area contributed by atoms with Gasteiger partial charge in [-0.25, -0.2) is 8.42 Å². The maximum absolute atomic E-state index is 14.0. The number of methoxy groups -OCH3 is 3. The molecule has 0 bridgehead atoms. The molecule has 10 nitrogen and oxygen atoms in total. The van der Waals surface area contributed by atoms with Crippen molar-refractivity contribution in [2.45, 2.75) is 31.3 Å². The number of hydrogen-bond donors (Lipinski definition) is 1. The van der Waals surface area contributed by atoms with Crippen molar-refractivity contribution in [2.24, 2.45) is 0 Å². The van der Waals surface area contributed by atoms with Gasteiger partial charge in [-0.15, -0.1) is 0 Å². The molecule has 3 aromatic rings. The van der Waals surface area contributed by atoms with Crippen LogP contribution in [0.5, 0.6) is 17.2 Å². The summed E-state index contributed by atoms with van der Waals surface area (Å²) in [5.74, 6) is 0.231. The molecule has 11 heteroatoms. The third-order valence-corrected chi connectivity index (χ3v) is 8.21. The van der Waals surface area contributed by atoms with Gasteiger partial charge in [-0.05, 0) is 55.8 Å². The zero-order valence-corrected chi connectivity index (χ0v) is 24.3. The van der Waals surface area contributed by atoms with Crippen LogP contribution in [0.2, 0.25) is 0 Å². The van der Waals surface area contributed by atoms with Crippen molar-refractivity contribution in [3.63, 3.8) is 0 Å². The maximum atomic E-state index is 14.0. The zero-order chi connectivity index (χ0) is 29.4. The fourth-order valence-electron chi connectivity index (χ4n) is 4.10. The fourth-order valence-corrected chi connectivity index (χ4v) is 5.53. The van der Waals surface area contributed by atoms with Crippen LogP contribution in [-0.4, -0.2) is 66.1 Å². The Morgan fingerprint density at radius 1 is 0.900 bits per heavy atom. The number of benzene rings is 3. The minimum Gasteiger partial charge on any atom is -0.497 e. The van der Waals surface area contributed by atoms with Crippen LogP contribution in [0.1, 0.15) is 18.1 Å². The summed E-state index contributed by atoms with van der Waals surface area (Å²) in [6, 6.07) is 17.3. The molecule has 0 saturated heterocycles. The summed E-state index contributed by atoms with van der Waals surface area (Å²) in [7, 11) is 1.62. The molecule has 1 N–H and O–H groups in total. The van der Waals surface area contributed by atoms with Gasteiger partial charge in [0.1, 0.15) is 18.3 Å². The third kappa shape index (κ3) is 6.84. The van der Waals surface area contributed by atoms with E-state index < -0.39 is 28.5 Å². The highest BCUT2D eigenvalue weighted by Crippen LogP contribution is 2.32. The molecule has 1 unspecified atom stereocenters. The summed E-state index contributed by atoms with van der Waals surface area (Å²) >= 11 is 0. The fraction of sp³-hybridized carbons (Fsp3) is 0.310. The lowest BCUT2D eigenvalue weighted by molar-refractivity contribution is -0.139. The van der Waals surface area contributed by atoms with E-state index in [1.807, 2.05) is 6.92 Å². The smallest absolute Gasteiger partial charge is 0.264 e. The number of sulfonamides is 1. The number of nitrogens with zero attached hydrogens (tertiary/aromatic N) is 2. The lowest BCUT2D eigenvalue weighted by Crippen LogP contribution is -2.50. The van der Waals surface area contributed by atoms with Gasteiger partial charge in [-0.3, -0.25) is 13.9 Å². The number of ether oxygens (including phenoxy) is 3. The Morgan fingerprint density at radius 2 is 1.57 bits per heavy atom. The molecule has 3 rings (SSSR count). The lowest BCUT2D eigenvalue weighted by Gasteiger charge is -2.32. The standard InChI is InChI=1S/C29H35N3O7S/c1-20-10-12-23(13-11-20)32(40(35,36)25-14-15-26(38-5)27(17-25)39-6)19-28(33)31(21(2)29(34)30-3)18-22-8-7-9-24(16-22)37-4/h7-17,21H,18-19H2,1-6H3,(H,30,34). The van der Waals surface area contributed by atoms with Crippen LogP contribution in [0.25, 0.3) is 0 Å². The van der Waals surface area contributed by atoms with Gasteiger partial charge in [0.15, 0.2) is 11.5 Å². The highest BCUT2D eigenvalue weighted by atomic mass is 32.2. The molecule has 0 spiro atoms. The zero-order valence-electron chi connectivity index (χ0n) is 23.5. The summed E-state index contributed by atoms with van der Waals surface area (Å²) in [5, 5.41) is 2.56. The van der Waals surface area contributed by atoms with E-state index in [4.69, 9.17) is 14.2 Å². The normalized spacial score (nSPS) is 11.8. The Bertz CT molecular complexity index is 1440. The average Bonchev–Trinajstić information content (AvgIpc) is 2.97. The quantitative estimate of drug-likeness (QED) is 0.356. The molecule has 40 heavy (non-hydrogen) atoms. The predicted octanol–water partition coefficient (Wildman–Crippen LogP) is 3.38. The second-order valence-corrected chi connectivity index (χ2v) is 10.9. The van der Waals surface area contributed by atoms with Crippen LogP contribution < -0.4 is 23.8 Å². The van der Waals surface area contributed by atoms with Crippen LogP contribution >= 0.6 is 0 Å². The van der Waals surface area contributed by atoms with Crippen molar-refractivity contribution in [1.82, 2.24) is 10.2 Å². The molecule has 0 heterocycles. The number of hydrogen-bond acceptors (Lipinski definition) is 7. The van der Waals surface area contributed by atoms with Crippen LogP contribution in [0.3, 0.4) is 0 Å². The Hall–Kier alpha value is -4.25. The first kappa shape index (κ1) is 30.3. The summed E-state index contributed by atoms with van der Waals surface area (Å²) in [6.07, 6.45) is 0. The Balaban J connectivity index is 2.07. The second kappa shape index (κ2) is 13.2. The number of amides is 2. The van der Waals surface area contributed by atoms with Crippen molar-refractivity contribution in [2.75, 3.05) is 39.2 Å². The SMILES string of the molecule is CNC(=O)C(C)N(Cc1cccc(OC)c1)C(=O)CN(c1ccc(C)cc1)S(=O)(=O)c1ccc(OC)c(OC)c1.